The number of thioether (sulfide) groups is 1. The highest BCUT2D eigenvalue weighted by Crippen LogP contribution is 2.25. The van der Waals surface area contributed by atoms with Gasteiger partial charge in [-0.2, -0.15) is 0 Å². The lowest BCUT2D eigenvalue weighted by atomic mass is 10.0. The number of anilines is 1. The van der Waals surface area contributed by atoms with Crippen LogP contribution in [0.15, 0.2) is 58.2 Å². The molecule has 0 saturated heterocycles. The van der Waals surface area contributed by atoms with E-state index < -0.39 is 0 Å². The van der Waals surface area contributed by atoms with Crippen LogP contribution in [0.5, 0.6) is 0 Å². The Balaban J connectivity index is 1.65. The van der Waals surface area contributed by atoms with Crippen LogP contribution >= 0.6 is 39.3 Å². The smallest absolute Gasteiger partial charge is 0.251 e. The zero-order valence-corrected chi connectivity index (χ0v) is 21.0. The highest BCUT2D eigenvalue weighted by molar-refractivity contribution is 9.10. The third-order valence-electron chi connectivity index (χ3n) is 4.67. The van der Waals surface area contributed by atoms with Crippen molar-refractivity contribution in [1.82, 2.24) is 20.1 Å². The molecule has 0 fully saturated rings. The SMILES string of the molecule is CC(C)[C@@H](NC(=O)c1ccc(Cl)cc1)c1nnc(SCC(=O)Nc2ccc(Br)cc2)n1C. The average Bonchev–Trinajstić information content (AvgIpc) is 3.12. The van der Waals surface area contributed by atoms with Crippen LogP contribution in [0.1, 0.15) is 36.1 Å². The highest BCUT2D eigenvalue weighted by atomic mass is 79.9. The molecule has 168 valence electrons. The molecule has 1 heterocycles. The minimum atomic E-state index is -0.346. The van der Waals surface area contributed by atoms with Gasteiger partial charge in [0, 0.05) is 27.8 Å². The molecule has 0 radical (unpaired) electrons. The summed E-state index contributed by atoms with van der Waals surface area (Å²) in [6, 6.07) is 13.7. The fourth-order valence-corrected chi connectivity index (χ4v) is 4.05. The van der Waals surface area contributed by atoms with Crippen molar-refractivity contribution in [1.29, 1.82) is 0 Å². The first-order chi connectivity index (χ1) is 15.2. The van der Waals surface area contributed by atoms with Gasteiger partial charge in [0.2, 0.25) is 5.91 Å². The van der Waals surface area contributed by atoms with Crippen LogP contribution in [0.4, 0.5) is 5.69 Å². The molecule has 2 N–H and O–H groups in total. The van der Waals surface area contributed by atoms with Crippen LogP contribution in [0.2, 0.25) is 5.02 Å². The lowest BCUT2D eigenvalue weighted by Gasteiger charge is -2.21. The van der Waals surface area contributed by atoms with Gasteiger partial charge in [-0.25, -0.2) is 0 Å². The van der Waals surface area contributed by atoms with Gasteiger partial charge in [-0.1, -0.05) is 53.1 Å². The molecule has 3 rings (SSSR count). The van der Waals surface area contributed by atoms with Gasteiger partial charge >= 0.3 is 0 Å². The number of nitrogens with one attached hydrogen (secondary N) is 2. The van der Waals surface area contributed by atoms with Crippen LogP contribution < -0.4 is 10.6 Å². The molecule has 0 aliphatic rings. The number of hydrogen-bond donors (Lipinski definition) is 2. The predicted molar refractivity (Wildman–Crippen MR) is 131 cm³/mol. The number of amides is 2. The molecule has 0 saturated carbocycles. The van der Waals surface area contributed by atoms with Crippen molar-refractivity contribution in [2.45, 2.75) is 25.0 Å². The van der Waals surface area contributed by atoms with E-state index in [2.05, 4.69) is 36.8 Å². The highest BCUT2D eigenvalue weighted by Gasteiger charge is 2.25. The number of carbonyl (C=O) groups excluding carboxylic acids is 2. The molecule has 3 aromatic rings. The Morgan fingerprint density at radius 3 is 2.38 bits per heavy atom. The minimum Gasteiger partial charge on any atom is -0.342 e. The molecule has 0 bridgehead atoms. The molecule has 1 atom stereocenters. The van der Waals surface area contributed by atoms with Crippen LogP contribution in [-0.2, 0) is 11.8 Å². The second kappa shape index (κ2) is 11.0. The molecular weight excluding hydrogens is 514 g/mol. The fourth-order valence-electron chi connectivity index (χ4n) is 2.94. The molecule has 32 heavy (non-hydrogen) atoms. The molecule has 0 unspecified atom stereocenters. The summed E-state index contributed by atoms with van der Waals surface area (Å²) in [5.74, 6) is 0.529. The molecule has 2 aromatic carbocycles. The van der Waals surface area contributed by atoms with Gasteiger partial charge < -0.3 is 15.2 Å². The molecular formula is C22H23BrClN5O2S. The molecule has 2 amide bonds. The van der Waals surface area contributed by atoms with E-state index in [9.17, 15) is 9.59 Å². The topological polar surface area (TPSA) is 88.9 Å². The lowest BCUT2D eigenvalue weighted by Crippen LogP contribution is -2.33. The summed E-state index contributed by atoms with van der Waals surface area (Å²) in [6.45, 7) is 4.00. The van der Waals surface area contributed by atoms with E-state index in [0.717, 1.165) is 10.2 Å². The van der Waals surface area contributed by atoms with Crippen molar-refractivity contribution in [2.24, 2.45) is 13.0 Å². The minimum absolute atomic E-state index is 0.0766. The maximum absolute atomic E-state index is 12.7. The normalized spacial score (nSPS) is 11.9. The summed E-state index contributed by atoms with van der Waals surface area (Å²) in [7, 11) is 1.83. The van der Waals surface area contributed by atoms with Gasteiger partial charge in [0.15, 0.2) is 11.0 Å². The van der Waals surface area contributed by atoms with Crippen LogP contribution in [0.25, 0.3) is 0 Å². The fraction of sp³-hybridized carbons (Fsp3) is 0.273. The average molecular weight is 537 g/mol. The Bertz CT molecular complexity index is 1090. The predicted octanol–water partition coefficient (Wildman–Crippen LogP) is 5.09. The lowest BCUT2D eigenvalue weighted by molar-refractivity contribution is -0.113. The van der Waals surface area contributed by atoms with Crippen molar-refractivity contribution < 1.29 is 9.59 Å². The first-order valence-corrected chi connectivity index (χ1v) is 12.0. The molecule has 7 nitrogen and oxygen atoms in total. The van der Waals surface area contributed by atoms with Crippen LogP contribution in [0.3, 0.4) is 0 Å². The number of nitrogens with zero attached hydrogens (tertiary/aromatic N) is 3. The number of rotatable bonds is 8. The quantitative estimate of drug-likeness (QED) is 0.392. The van der Waals surface area contributed by atoms with E-state index in [1.165, 1.54) is 11.8 Å². The Labute approximate surface area is 204 Å². The Morgan fingerprint density at radius 2 is 1.75 bits per heavy atom. The van der Waals surface area contributed by atoms with E-state index in [-0.39, 0.29) is 29.5 Å². The number of hydrogen-bond acceptors (Lipinski definition) is 5. The summed E-state index contributed by atoms with van der Waals surface area (Å²) >= 11 is 10.6. The van der Waals surface area contributed by atoms with Crippen molar-refractivity contribution >= 4 is 56.8 Å². The second-order valence-electron chi connectivity index (χ2n) is 7.45. The Hall–Kier alpha value is -2.36. The number of aromatic nitrogens is 3. The van der Waals surface area contributed by atoms with E-state index in [1.807, 2.05) is 49.7 Å². The number of benzene rings is 2. The molecule has 0 aliphatic heterocycles. The molecule has 0 aliphatic carbocycles. The summed E-state index contributed by atoms with van der Waals surface area (Å²) in [5, 5.41) is 15.6. The van der Waals surface area contributed by atoms with Crippen molar-refractivity contribution in [3.8, 4) is 0 Å². The number of halogens is 2. The summed E-state index contributed by atoms with van der Waals surface area (Å²) in [6.07, 6.45) is 0. The second-order valence-corrected chi connectivity index (χ2v) is 9.74. The van der Waals surface area contributed by atoms with E-state index in [4.69, 9.17) is 11.6 Å². The maximum Gasteiger partial charge on any atom is 0.251 e. The molecule has 1 aromatic heterocycles. The summed E-state index contributed by atoms with van der Waals surface area (Å²) < 4.78 is 2.75. The molecule has 10 heteroatoms. The first kappa shape index (κ1) is 24.3. The Morgan fingerprint density at radius 1 is 1.09 bits per heavy atom. The van der Waals surface area contributed by atoms with E-state index in [1.54, 1.807) is 24.3 Å². The largest absolute Gasteiger partial charge is 0.342 e. The van der Waals surface area contributed by atoms with Gasteiger partial charge in [-0.3, -0.25) is 9.59 Å². The van der Waals surface area contributed by atoms with E-state index in [0.29, 0.717) is 21.6 Å². The Kier molecular flexibility index (Phi) is 8.33. The van der Waals surface area contributed by atoms with Gasteiger partial charge in [0.05, 0.1) is 11.8 Å². The third kappa shape index (κ3) is 6.34. The number of carbonyl (C=O) groups is 2. The third-order valence-corrected chi connectivity index (χ3v) is 6.47. The maximum atomic E-state index is 12.7. The van der Waals surface area contributed by atoms with Gasteiger partial charge in [0.25, 0.3) is 5.91 Å². The van der Waals surface area contributed by atoms with Crippen molar-refractivity contribution in [2.75, 3.05) is 11.1 Å². The summed E-state index contributed by atoms with van der Waals surface area (Å²) in [4.78, 5) is 25.0. The summed E-state index contributed by atoms with van der Waals surface area (Å²) in [5.41, 5.74) is 1.24. The van der Waals surface area contributed by atoms with Crippen molar-refractivity contribution in [3.63, 3.8) is 0 Å². The van der Waals surface area contributed by atoms with Gasteiger partial charge in [0.1, 0.15) is 0 Å². The zero-order chi connectivity index (χ0) is 23.3. The standard InChI is InChI=1S/C22H23BrClN5O2S/c1-13(2)19(26-21(31)14-4-8-16(24)9-5-14)20-27-28-22(29(20)3)32-12-18(30)25-17-10-6-15(23)7-11-17/h4-11,13,19H,12H2,1-3H3,(H,25,30)(H,26,31)/t19-/m1/s1. The van der Waals surface area contributed by atoms with Crippen LogP contribution in [-0.4, -0.2) is 32.3 Å². The monoisotopic (exact) mass is 535 g/mol. The molecule has 0 spiro atoms. The van der Waals surface area contributed by atoms with Crippen molar-refractivity contribution in [3.05, 3.63) is 69.4 Å². The van der Waals surface area contributed by atoms with Gasteiger partial charge in [-0.05, 0) is 54.4 Å². The van der Waals surface area contributed by atoms with Crippen LogP contribution in [0, 0.1) is 5.92 Å². The van der Waals surface area contributed by atoms with Gasteiger partial charge in [-0.15, -0.1) is 10.2 Å². The van der Waals surface area contributed by atoms with E-state index >= 15 is 0 Å². The first-order valence-electron chi connectivity index (χ1n) is 9.88. The zero-order valence-electron chi connectivity index (χ0n) is 17.8.